The van der Waals surface area contributed by atoms with Gasteiger partial charge in [0.05, 0.1) is 0 Å². The van der Waals surface area contributed by atoms with Crippen LogP contribution in [0.2, 0.25) is 0 Å². The van der Waals surface area contributed by atoms with Crippen molar-refractivity contribution in [1.29, 1.82) is 0 Å². The van der Waals surface area contributed by atoms with Crippen molar-refractivity contribution in [2.24, 2.45) is 0 Å². The molecule has 0 aliphatic rings. The average Bonchev–Trinajstić information content (AvgIpc) is 3.28. The molecule has 0 radical (unpaired) electrons. The largest absolute Gasteiger partial charge is 0.462 e. The van der Waals surface area contributed by atoms with E-state index in [0.717, 1.165) is 109 Å². The van der Waals surface area contributed by atoms with Crippen LogP contribution in [0.3, 0.4) is 0 Å². The number of carbonyl (C=O) groups is 3. The lowest BCUT2D eigenvalue weighted by Gasteiger charge is -2.18. The summed E-state index contributed by atoms with van der Waals surface area (Å²) in [6.45, 7) is 6.35. The number of unbranched alkanes of at least 4 members (excludes halogenated alkanes) is 21. The number of carbonyl (C=O) groups excluding carboxylic acids is 3. The molecule has 0 aromatic rings. The predicted octanol–water partition coefficient (Wildman–Crippen LogP) is 17.2. The molecular formula is C57H96O6. The zero-order valence-corrected chi connectivity index (χ0v) is 41.1. The molecule has 0 rings (SSSR count). The molecule has 0 aliphatic carbocycles. The SMILES string of the molecule is CC/C=C\C/C=C\C/C=C\CCCCCCC(=O)OC(COC(=O)CCCC/C=C\C/C=C\C/C=C\CC)COC(=O)CCCCCCCCC/C=C\CCCCCCCCCC. The van der Waals surface area contributed by atoms with E-state index in [1.807, 2.05) is 0 Å². The third-order valence-electron chi connectivity index (χ3n) is 10.9. The molecule has 0 spiro atoms. The molecule has 63 heavy (non-hydrogen) atoms. The highest BCUT2D eigenvalue weighted by atomic mass is 16.6. The van der Waals surface area contributed by atoms with Crippen molar-refractivity contribution in [3.63, 3.8) is 0 Å². The first-order valence-corrected chi connectivity index (χ1v) is 26.1. The molecule has 360 valence electrons. The summed E-state index contributed by atoms with van der Waals surface area (Å²) in [7, 11) is 0. The van der Waals surface area contributed by atoms with Crippen LogP contribution in [-0.2, 0) is 28.6 Å². The van der Waals surface area contributed by atoms with Crippen LogP contribution in [0.5, 0.6) is 0 Å². The fraction of sp³-hybridized carbons (Fsp3) is 0.702. The van der Waals surface area contributed by atoms with Gasteiger partial charge in [-0.1, -0.05) is 196 Å². The fourth-order valence-electron chi connectivity index (χ4n) is 6.99. The van der Waals surface area contributed by atoms with Crippen molar-refractivity contribution in [2.75, 3.05) is 13.2 Å². The summed E-state index contributed by atoms with van der Waals surface area (Å²) in [6.07, 6.45) is 65.8. The third-order valence-corrected chi connectivity index (χ3v) is 10.9. The molecule has 0 amide bonds. The van der Waals surface area contributed by atoms with Gasteiger partial charge in [-0.25, -0.2) is 0 Å². The van der Waals surface area contributed by atoms with Crippen LogP contribution in [-0.4, -0.2) is 37.2 Å². The minimum atomic E-state index is -0.805. The molecule has 0 saturated heterocycles. The zero-order valence-electron chi connectivity index (χ0n) is 41.1. The zero-order chi connectivity index (χ0) is 45.8. The number of esters is 3. The Hall–Kier alpha value is -3.41. The van der Waals surface area contributed by atoms with Crippen molar-refractivity contribution in [2.45, 2.75) is 245 Å². The third kappa shape index (κ3) is 49.5. The molecule has 6 nitrogen and oxygen atoms in total. The van der Waals surface area contributed by atoms with E-state index in [0.29, 0.717) is 19.3 Å². The van der Waals surface area contributed by atoms with E-state index in [2.05, 4.69) is 106 Å². The molecule has 0 saturated carbocycles. The minimum absolute atomic E-state index is 0.101. The van der Waals surface area contributed by atoms with Gasteiger partial charge in [0.2, 0.25) is 0 Å². The summed E-state index contributed by atoms with van der Waals surface area (Å²) in [4.78, 5) is 37.9. The Labute approximate surface area is 388 Å². The van der Waals surface area contributed by atoms with Gasteiger partial charge in [0.15, 0.2) is 6.10 Å². The van der Waals surface area contributed by atoms with Crippen molar-refractivity contribution in [3.8, 4) is 0 Å². The molecule has 0 aromatic heterocycles. The van der Waals surface area contributed by atoms with Gasteiger partial charge >= 0.3 is 17.9 Å². The monoisotopic (exact) mass is 877 g/mol. The Morgan fingerprint density at radius 3 is 1.02 bits per heavy atom. The Morgan fingerprint density at radius 2 is 0.619 bits per heavy atom. The second-order valence-corrected chi connectivity index (χ2v) is 17.0. The van der Waals surface area contributed by atoms with E-state index in [1.54, 1.807) is 0 Å². The maximum absolute atomic E-state index is 12.8. The molecular weight excluding hydrogens is 781 g/mol. The highest BCUT2D eigenvalue weighted by Crippen LogP contribution is 2.14. The molecule has 0 aliphatic heterocycles. The average molecular weight is 877 g/mol. The van der Waals surface area contributed by atoms with Crippen LogP contribution in [0.15, 0.2) is 85.1 Å². The number of ether oxygens (including phenoxy) is 3. The summed E-state index contributed by atoms with van der Waals surface area (Å²) in [5.41, 5.74) is 0. The number of allylic oxidation sites excluding steroid dienone is 14. The van der Waals surface area contributed by atoms with Crippen LogP contribution in [0.25, 0.3) is 0 Å². The number of hydrogen-bond donors (Lipinski definition) is 0. The van der Waals surface area contributed by atoms with Gasteiger partial charge in [-0.05, 0) is 109 Å². The minimum Gasteiger partial charge on any atom is -0.462 e. The lowest BCUT2D eigenvalue weighted by molar-refractivity contribution is -0.167. The van der Waals surface area contributed by atoms with Gasteiger partial charge in [0.1, 0.15) is 13.2 Å². The highest BCUT2D eigenvalue weighted by molar-refractivity contribution is 5.71. The Morgan fingerprint density at radius 1 is 0.333 bits per heavy atom. The molecule has 1 atom stereocenters. The molecule has 0 N–H and O–H groups in total. The second kappa shape index (κ2) is 51.2. The topological polar surface area (TPSA) is 78.9 Å². The fourth-order valence-corrected chi connectivity index (χ4v) is 6.99. The van der Waals surface area contributed by atoms with Crippen molar-refractivity contribution in [3.05, 3.63) is 85.1 Å². The molecule has 0 aromatic carbocycles. The molecule has 6 heteroatoms. The Kier molecular flexibility index (Phi) is 48.5. The van der Waals surface area contributed by atoms with Crippen molar-refractivity contribution >= 4 is 17.9 Å². The van der Waals surface area contributed by atoms with Crippen LogP contribution in [0.4, 0.5) is 0 Å². The first kappa shape index (κ1) is 59.6. The van der Waals surface area contributed by atoms with Gasteiger partial charge in [0, 0.05) is 19.3 Å². The molecule has 0 fully saturated rings. The Balaban J connectivity index is 4.42. The molecule has 1 unspecified atom stereocenters. The molecule has 0 bridgehead atoms. The summed E-state index contributed by atoms with van der Waals surface area (Å²) < 4.78 is 16.7. The van der Waals surface area contributed by atoms with Gasteiger partial charge in [-0.15, -0.1) is 0 Å². The highest BCUT2D eigenvalue weighted by Gasteiger charge is 2.19. The van der Waals surface area contributed by atoms with Gasteiger partial charge in [-0.2, -0.15) is 0 Å². The summed E-state index contributed by atoms with van der Waals surface area (Å²) in [6, 6.07) is 0. The first-order valence-electron chi connectivity index (χ1n) is 26.1. The Bertz CT molecular complexity index is 1240. The summed E-state index contributed by atoms with van der Waals surface area (Å²) in [5.74, 6) is -0.970. The first-order chi connectivity index (χ1) is 31.0. The van der Waals surface area contributed by atoms with Crippen molar-refractivity contribution in [1.82, 2.24) is 0 Å². The maximum atomic E-state index is 12.8. The molecule has 0 heterocycles. The standard InChI is InChI=1S/C57H96O6/c1-4-7-10-13-16-19-22-25-27-28-29-30-31-33-35-38-41-44-47-50-56(59)62-53-54(52-61-55(58)49-46-43-40-37-34-24-21-18-15-12-9-6-3)63-57(60)51-48-45-42-39-36-32-26-23-20-17-14-11-8-5-2/h8-9,11-12,17-18,20-21,26,28-29,32,34,37,54H,4-7,10,13-16,19,22-25,27,30-31,33,35-36,38-53H2,1-3H3/b11-8-,12-9-,20-17-,21-18-,29-28-,32-26-,37-34-. The van der Waals surface area contributed by atoms with E-state index in [-0.39, 0.29) is 31.1 Å². The van der Waals surface area contributed by atoms with Gasteiger partial charge < -0.3 is 14.2 Å². The summed E-state index contributed by atoms with van der Waals surface area (Å²) >= 11 is 0. The van der Waals surface area contributed by atoms with E-state index in [9.17, 15) is 14.4 Å². The lowest BCUT2D eigenvalue weighted by atomic mass is 10.1. The number of hydrogen-bond acceptors (Lipinski definition) is 6. The van der Waals surface area contributed by atoms with E-state index in [1.165, 1.54) is 89.9 Å². The van der Waals surface area contributed by atoms with E-state index < -0.39 is 6.10 Å². The van der Waals surface area contributed by atoms with Crippen LogP contribution < -0.4 is 0 Å². The lowest BCUT2D eigenvalue weighted by Crippen LogP contribution is -2.30. The van der Waals surface area contributed by atoms with Crippen LogP contribution in [0, 0.1) is 0 Å². The quantitative estimate of drug-likeness (QED) is 0.0262. The normalized spacial score (nSPS) is 12.7. The van der Waals surface area contributed by atoms with Crippen LogP contribution >= 0.6 is 0 Å². The van der Waals surface area contributed by atoms with E-state index >= 15 is 0 Å². The van der Waals surface area contributed by atoms with E-state index in [4.69, 9.17) is 14.2 Å². The second-order valence-electron chi connectivity index (χ2n) is 17.0. The van der Waals surface area contributed by atoms with Gasteiger partial charge in [-0.3, -0.25) is 14.4 Å². The maximum Gasteiger partial charge on any atom is 0.306 e. The van der Waals surface area contributed by atoms with Gasteiger partial charge in [0.25, 0.3) is 0 Å². The number of rotatable bonds is 46. The predicted molar refractivity (Wildman–Crippen MR) is 270 cm³/mol. The van der Waals surface area contributed by atoms with Crippen LogP contribution in [0.1, 0.15) is 239 Å². The summed E-state index contributed by atoms with van der Waals surface area (Å²) in [5, 5.41) is 0. The van der Waals surface area contributed by atoms with Crippen molar-refractivity contribution < 1.29 is 28.6 Å². The smallest absolute Gasteiger partial charge is 0.306 e.